The molecule has 7 nitrogen and oxygen atoms in total. The number of hydrogen-bond acceptors (Lipinski definition) is 4. The molecule has 0 saturated heterocycles. The summed E-state index contributed by atoms with van der Waals surface area (Å²) in [5.74, 6) is 0. The Morgan fingerprint density at radius 3 is 2.33 bits per heavy atom. The molecule has 6 aromatic heterocycles. The predicted molar refractivity (Wildman–Crippen MR) is 101 cm³/mol. The van der Waals surface area contributed by atoms with Gasteiger partial charge in [-0.1, -0.05) is 0 Å². The molecule has 0 aliphatic heterocycles. The molecule has 128 valence electrons. The Bertz CT molecular complexity index is 1440. The predicted octanol–water partition coefficient (Wildman–Crippen LogP) is 3.36. The van der Waals surface area contributed by atoms with Crippen LogP contribution < -0.4 is 0 Å². The van der Waals surface area contributed by atoms with Crippen molar-refractivity contribution in [2.24, 2.45) is 0 Å². The molecule has 0 aliphatic carbocycles. The van der Waals surface area contributed by atoms with Crippen LogP contribution in [0, 0.1) is 0 Å². The summed E-state index contributed by atoms with van der Waals surface area (Å²) < 4.78 is 5.66. The van der Waals surface area contributed by atoms with E-state index in [1.54, 1.807) is 24.9 Å². The van der Waals surface area contributed by atoms with Crippen molar-refractivity contribution in [1.29, 1.82) is 0 Å². The Labute approximate surface area is 153 Å². The van der Waals surface area contributed by atoms with Crippen LogP contribution in [0.2, 0.25) is 0 Å². The van der Waals surface area contributed by atoms with Crippen molar-refractivity contribution >= 4 is 16.7 Å². The fourth-order valence-corrected chi connectivity index (χ4v) is 3.66. The second-order valence-corrected chi connectivity index (χ2v) is 6.29. The first-order valence-corrected chi connectivity index (χ1v) is 8.57. The number of aromatic nitrogens is 7. The van der Waals surface area contributed by atoms with Crippen LogP contribution in [-0.2, 0) is 0 Å². The number of fused-ring (bicyclic) bond motifs is 3. The summed E-state index contributed by atoms with van der Waals surface area (Å²) >= 11 is 0. The first-order chi connectivity index (χ1) is 13.4. The topological polar surface area (TPSA) is 64.8 Å². The number of hydrogen-bond donors (Lipinski definition) is 0. The van der Waals surface area contributed by atoms with E-state index in [-0.39, 0.29) is 0 Å². The molecule has 0 unspecified atom stereocenters. The highest BCUT2D eigenvalue weighted by Crippen LogP contribution is 2.36. The first kappa shape index (κ1) is 14.2. The Morgan fingerprint density at radius 1 is 0.667 bits per heavy atom. The zero-order chi connectivity index (χ0) is 17.8. The van der Waals surface area contributed by atoms with Crippen LogP contribution >= 0.6 is 0 Å². The van der Waals surface area contributed by atoms with Crippen LogP contribution in [0.25, 0.3) is 39.1 Å². The molecule has 0 aliphatic rings. The Hall–Kier alpha value is -4.00. The van der Waals surface area contributed by atoms with Crippen LogP contribution in [0.15, 0.2) is 79.9 Å². The molecule has 0 bridgehead atoms. The smallest absolute Gasteiger partial charge is 0.148 e. The summed E-state index contributed by atoms with van der Waals surface area (Å²) in [7, 11) is 0. The molecular formula is C20H13N7. The monoisotopic (exact) mass is 351 g/mol. The van der Waals surface area contributed by atoms with E-state index in [0.717, 1.165) is 39.1 Å². The maximum Gasteiger partial charge on any atom is 0.148 e. The van der Waals surface area contributed by atoms with Gasteiger partial charge >= 0.3 is 0 Å². The normalized spacial score (nSPS) is 11.7. The maximum atomic E-state index is 4.80. The molecule has 0 fully saturated rings. The van der Waals surface area contributed by atoms with Crippen LogP contribution in [0.3, 0.4) is 0 Å². The standard InChI is InChI=1S/C20H13N7/c1-3-15(17-6-8-24-27(17)10-1)19-18(20-21-9-12-25(20)13-22-19)14-5-7-23-26-11-2-4-16(14)26/h1-13H. The van der Waals surface area contributed by atoms with Crippen molar-refractivity contribution in [1.82, 2.24) is 33.6 Å². The minimum absolute atomic E-state index is 0.857. The lowest BCUT2D eigenvalue weighted by atomic mass is 10.00. The summed E-state index contributed by atoms with van der Waals surface area (Å²) in [6.07, 6.45) is 13.0. The van der Waals surface area contributed by atoms with E-state index in [0.29, 0.717) is 0 Å². The molecule has 0 saturated carbocycles. The zero-order valence-electron chi connectivity index (χ0n) is 14.1. The minimum atomic E-state index is 0.857. The Morgan fingerprint density at radius 2 is 1.44 bits per heavy atom. The third-order valence-electron chi connectivity index (χ3n) is 4.84. The van der Waals surface area contributed by atoms with Crippen LogP contribution in [0.5, 0.6) is 0 Å². The third-order valence-corrected chi connectivity index (χ3v) is 4.84. The number of nitrogens with zero attached hydrogens (tertiary/aromatic N) is 7. The van der Waals surface area contributed by atoms with E-state index >= 15 is 0 Å². The van der Waals surface area contributed by atoms with Gasteiger partial charge in [0.15, 0.2) is 0 Å². The van der Waals surface area contributed by atoms with Gasteiger partial charge < -0.3 is 0 Å². The van der Waals surface area contributed by atoms with Gasteiger partial charge in [-0.05, 0) is 36.4 Å². The summed E-state index contributed by atoms with van der Waals surface area (Å²) in [5, 5.41) is 8.75. The fourth-order valence-electron chi connectivity index (χ4n) is 3.66. The lowest BCUT2D eigenvalue weighted by molar-refractivity contribution is 0.942. The summed E-state index contributed by atoms with van der Waals surface area (Å²) in [6, 6.07) is 12.1. The molecule has 0 atom stereocenters. The van der Waals surface area contributed by atoms with E-state index in [1.165, 1.54) is 0 Å². The summed E-state index contributed by atoms with van der Waals surface area (Å²) in [4.78, 5) is 9.41. The van der Waals surface area contributed by atoms with Gasteiger partial charge in [-0.2, -0.15) is 10.2 Å². The van der Waals surface area contributed by atoms with Crippen molar-refractivity contribution in [3.8, 4) is 22.4 Å². The molecule has 6 aromatic rings. The molecule has 0 amide bonds. The highest BCUT2D eigenvalue weighted by Gasteiger charge is 2.19. The largest absolute Gasteiger partial charge is 0.290 e. The van der Waals surface area contributed by atoms with Gasteiger partial charge in [0.05, 0.1) is 28.5 Å². The molecule has 0 N–H and O–H groups in total. The van der Waals surface area contributed by atoms with Crippen molar-refractivity contribution in [2.75, 3.05) is 0 Å². The van der Waals surface area contributed by atoms with Gasteiger partial charge in [-0.3, -0.25) is 4.40 Å². The molecule has 27 heavy (non-hydrogen) atoms. The highest BCUT2D eigenvalue weighted by molar-refractivity contribution is 5.98. The Balaban J connectivity index is 1.78. The van der Waals surface area contributed by atoms with Gasteiger partial charge in [0.25, 0.3) is 0 Å². The summed E-state index contributed by atoms with van der Waals surface area (Å²) in [5.41, 5.74) is 6.76. The SMILES string of the molecule is c1cc(-c2ncn3ccnc3c2-c2ccnn3cccc23)c2ccnn2c1. The van der Waals surface area contributed by atoms with E-state index in [9.17, 15) is 0 Å². The molecule has 0 spiro atoms. The average molecular weight is 351 g/mol. The van der Waals surface area contributed by atoms with Gasteiger partial charge in [0.1, 0.15) is 12.0 Å². The van der Waals surface area contributed by atoms with E-state index < -0.39 is 0 Å². The number of rotatable bonds is 2. The van der Waals surface area contributed by atoms with E-state index in [2.05, 4.69) is 27.3 Å². The van der Waals surface area contributed by atoms with Crippen LogP contribution in [0.4, 0.5) is 0 Å². The molecule has 7 heteroatoms. The number of imidazole rings is 1. The average Bonchev–Trinajstić information content (AvgIpc) is 3.45. The van der Waals surface area contributed by atoms with Gasteiger partial charge in [-0.15, -0.1) is 0 Å². The first-order valence-electron chi connectivity index (χ1n) is 8.57. The minimum Gasteiger partial charge on any atom is -0.290 e. The fraction of sp³-hybridized carbons (Fsp3) is 0. The van der Waals surface area contributed by atoms with Crippen molar-refractivity contribution in [3.63, 3.8) is 0 Å². The Kier molecular flexibility index (Phi) is 2.76. The lowest BCUT2D eigenvalue weighted by Gasteiger charge is -2.13. The van der Waals surface area contributed by atoms with Crippen molar-refractivity contribution < 1.29 is 0 Å². The van der Waals surface area contributed by atoms with E-state index in [4.69, 9.17) is 4.98 Å². The summed E-state index contributed by atoms with van der Waals surface area (Å²) in [6.45, 7) is 0. The maximum absolute atomic E-state index is 4.80. The molecule has 0 radical (unpaired) electrons. The second-order valence-electron chi connectivity index (χ2n) is 6.29. The van der Waals surface area contributed by atoms with Gasteiger partial charge in [-0.25, -0.2) is 19.0 Å². The van der Waals surface area contributed by atoms with Gasteiger partial charge in [0, 0.05) is 42.1 Å². The third kappa shape index (κ3) is 1.96. The molecule has 6 heterocycles. The number of pyridine rings is 1. The van der Waals surface area contributed by atoms with Crippen molar-refractivity contribution in [3.05, 3.63) is 79.9 Å². The van der Waals surface area contributed by atoms with Gasteiger partial charge in [0.2, 0.25) is 0 Å². The molecular weight excluding hydrogens is 338 g/mol. The lowest BCUT2D eigenvalue weighted by Crippen LogP contribution is -2.00. The quantitative estimate of drug-likeness (QED) is 0.480. The van der Waals surface area contributed by atoms with E-state index in [1.807, 2.05) is 56.3 Å². The van der Waals surface area contributed by atoms with Crippen LogP contribution in [-0.4, -0.2) is 33.6 Å². The highest BCUT2D eigenvalue weighted by atomic mass is 15.2. The molecule has 6 rings (SSSR count). The second kappa shape index (κ2) is 5.25. The van der Waals surface area contributed by atoms with Crippen LogP contribution in [0.1, 0.15) is 0 Å². The zero-order valence-corrected chi connectivity index (χ0v) is 14.1. The van der Waals surface area contributed by atoms with Crippen molar-refractivity contribution in [2.45, 2.75) is 0 Å². The molecule has 0 aromatic carbocycles.